The number of alkyl carbamates (subject to hydrolysis) is 1. The van der Waals surface area contributed by atoms with E-state index in [0.717, 1.165) is 91.5 Å². The first-order chi connectivity index (χ1) is 41.0. The first-order valence-electron chi connectivity index (χ1n) is 29.1. The largest absolute Gasteiger partial charge is 0.444 e. The van der Waals surface area contributed by atoms with Gasteiger partial charge >= 0.3 is 6.09 Å². The number of ether oxygens (including phenoxy) is 1. The van der Waals surface area contributed by atoms with Crippen molar-refractivity contribution >= 4 is 88.4 Å². The van der Waals surface area contributed by atoms with Crippen LogP contribution in [0.3, 0.4) is 0 Å². The number of hydrogen-bond acceptors (Lipinski definition) is 18. The first kappa shape index (κ1) is 66.4. The van der Waals surface area contributed by atoms with Crippen LogP contribution in [0, 0.1) is 5.82 Å². The summed E-state index contributed by atoms with van der Waals surface area (Å²) in [6.07, 6.45) is 10.5. The van der Waals surface area contributed by atoms with Crippen LogP contribution in [0.2, 0.25) is 0 Å². The average Bonchev–Trinajstić information content (AvgIpc) is 3.87. The normalized spacial score (nSPS) is 18.8. The maximum absolute atomic E-state index is 13.7. The van der Waals surface area contributed by atoms with Crippen LogP contribution in [-0.4, -0.2) is 148 Å². The number of nitrogens with one attached hydrogen (secondary N) is 6. The van der Waals surface area contributed by atoms with Gasteiger partial charge in [0, 0.05) is 50.3 Å². The molecule has 6 aliphatic heterocycles. The quantitative estimate of drug-likeness (QED) is 0.0567. The minimum Gasteiger partial charge on any atom is -0.444 e. The van der Waals surface area contributed by atoms with E-state index in [1.54, 1.807) is 36.4 Å². The van der Waals surface area contributed by atoms with Crippen molar-refractivity contribution in [2.24, 2.45) is 11.5 Å². The van der Waals surface area contributed by atoms with Gasteiger partial charge in [0.1, 0.15) is 29.5 Å². The Morgan fingerprint density at radius 2 is 0.872 bits per heavy atom. The number of benzene rings is 3. The van der Waals surface area contributed by atoms with Gasteiger partial charge in [0.05, 0.1) is 33.4 Å². The van der Waals surface area contributed by atoms with Crippen molar-refractivity contribution in [3.63, 3.8) is 0 Å². The zero-order valence-corrected chi connectivity index (χ0v) is 48.9. The summed E-state index contributed by atoms with van der Waals surface area (Å²) >= 11 is 0. The monoisotopic (exact) mass is 1190 g/mol. The predicted molar refractivity (Wildman–Crippen MR) is 310 cm³/mol. The average molecular weight is 1190 g/mol. The third kappa shape index (κ3) is 16.6. The van der Waals surface area contributed by atoms with Crippen LogP contribution in [0.5, 0.6) is 0 Å². The SMILES string of the molecule is CC(C)(C)OC(=O)NCCCCCN.CCCCCCNc1cccc2c1C(=O)N(C1CCC(=O)NC1=O)C2=O.NCCCCCNc1cccc2c1C(=O)N(C1CCC(=O)NC1=O)C2=O.O=C1CCC(N2C(=O)c3cccc(F)c3C2=O)C(=O)N1. The first-order valence-corrected chi connectivity index (χ1v) is 29.1. The minimum atomic E-state index is -1.07. The van der Waals surface area contributed by atoms with E-state index >= 15 is 0 Å². The molecule has 26 heteroatoms. The van der Waals surface area contributed by atoms with Crippen LogP contribution < -0.4 is 43.4 Å². The molecule has 10 N–H and O–H groups in total. The number of imide groups is 6. The van der Waals surface area contributed by atoms with Gasteiger partial charge in [0.15, 0.2) is 0 Å². The number of rotatable bonds is 20. The van der Waals surface area contributed by atoms with Crippen molar-refractivity contribution < 1.29 is 71.5 Å². The van der Waals surface area contributed by atoms with Crippen LogP contribution in [0.1, 0.15) is 193 Å². The molecule has 6 heterocycles. The highest BCUT2D eigenvalue weighted by Crippen LogP contribution is 2.35. The third-order valence-corrected chi connectivity index (χ3v) is 14.4. The molecular formula is C60H76FN11O14. The second kappa shape index (κ2) is 30.9. The zero-order valence-electron chi connectivity index (χ0n) is 48.9. The number of piperidine rings is 3. The Bertz CT molecular complexity index is 3000. The number of amides is 13. The molecule has 3 saturated heterocycles. The van der Waals surface area contributed by atoms with Gasteiger partial charge in [0.2, 0.25) is 35.4 Å². The van der Waals surface area contributed by atoms with E-state index in [1.807, 2.05) is 20.8 Å². The summed E-state index contributed by atoms with van der Waals surface area (Å²) in [6, 6.07) is 10.9. The topological polar surface area (TPSA) is 365 Å². The summed E-state index contributed by atoms with van der Waals surface area (Å²) in [6.45, 7) is 11.1. The van der Waals surface area contributed by atoms with Crippen LogP contribution in [-0.2, 0) is 33.5 Å². The van der Waals surface area contributed by atoms with E-state index in [2.05, 4.69) is 38.8 Å². The number of fused-ring (bicyclic) bond motifs is 3. The fourth-order valence-corrected chi connectivity index (χ4v) is 10.2. The molecule has 3 aromatic carbocycles. The van der Waals surface area contributed by atoms with Crippen LogP contribution in [0.25, 0.3) is 0 Å². The molecule has 0 aromatic heterocycles. The predicted octanol–water partition coefficient (Wildman–Crippen LogP) is 4.58. The van der Waals surface area contributed by atoms with Gasteiger partial charge in [0.25, 0.3) is 35.4 Å². The highest BCUT2D eigenvalue weighted by Gasteiger charge is 2.48. The van der Waals surface area contributed by atoms with Gasteiger partial charge < -0.3 is 32.2 Å². The smallest absolute Gasteiger partial charge is 0.407 e. The lowest BCUT2D eigenvalue weighted by molar-refractivity contribution is -0.137. The molecule has 0 radical (unpaired) electrons. The molecule has 3 aromatic rings. The van der Waals surface area contributed by atoms with Gasteiger partial charge in [-0.05, 0) is 122 Å². The molecule has 25 nitrogen and oxygen atoms in total. The number of anilines is 2. The molecule has 3 unspecified atom stereocenters. The van der Waals surface area contributed by atoms with Gasteiger partial charge in [-0.3, -0.25) is 88.2 Å². The Morgan fingerprint density at radius 3 is 1.23 bits per heavy atom. The van der Waals surface area contributed by atoms with Crippen LogP contribution in [0.4, 0.5) is 20.6 Å². The molecule has 6 aliphatic rings. The van der Waals surface area contributed by atoms with Crippen molar-refractivity contribution in [3.8, 4) is 0 Å². The van der Waals surface area contributed by atoms with E-state index in [1.165, 1.54) is 12.1 Å². The highest BCUT2D eigenvalue weighted by atomic mass is 19.1. The van der Waals surface area contributed by atoms with Crippen molar-refractivity contribution in [2.75, 3.05) is 43.4 Å². The van der Waals surface area contributed by atoms with E-state index in [4.69, 9.17) is 16.2 Å². The lowest BCUT2D eigenvalue weighted by Crippen LogP contribution is -2.54. The third-order valence-electron chi connectivity index (χ3n) is 14.4. The molecular weight excluding hydrogens is 1120 g/mol. The molecule has 13 amide bonds. The van der Waals surface area contributed by atoms with Gasteiger partial charge in [-0.15, -0.1) is 0 Å². The van der Waals surface area contributed by atoms with Crippen molar-refractivity contribution in [2.45, 2.75) is 154 Å². The maximum Gasteiger partial charge on any atom is 0.407 e. The Balaban J connectivity index is 0.000000188. The Labute approximate surface area is 496 Å². The standard InChI is InChI=1S/C19H23N3O4.C18H22N4O4.C13H9FN2O4.C10H22N2O2/c1-2-3-4-5-11-20-13-8-6-7-12-16(13)19(26)22(18(12)25)14-9-10-15(23)21-17(14)24;19-9-2-1-3-10-20-12-6-4-5-11-15(12)18(26)22(17(11)25)13-7-8-14(23)21-16(13)24;14-7-3-1-2-6-10(7)13(20)16(12(6)19)8-4-5-9(17)15-11(8)18;1-10(2,3)14-9(13)12-8-6-4-5-7-11/h6-8,14,20H,2-5,9-11H2,1H3,(H,21,23,24);4-6,13,20H,1-3,7-10,19H2,(H,21,23,24);1-3,8H,4-5H2,(H,15,17,18);4-8,11H2,1-3H3,(H,12,13). The van der Waals surface area contributed by atoms with Crippen molar-refractivity contribution in [1.82, 2.24) is 36.0 Å². The lowest BCUT2D eigenvalue weighted by atomic mass is 10.0. The summed E-state index contributed by atoms with van der Waals surface area (Å²) in [5, 5.41) is 15.6. The molecule has 0 bridgehead atoms. The van der Waals surface area contributed by atoms with E-state index in [0.29, 0.717) is 54.2 Å². The summed E-state index contributed by atoms with van der Waals surface area (Å²) in [4.78, 5) is 159. The summed E-state index contributed by atoms with van der Waals surface area (Å²) < 4.78 is 18.7. The fraction of sp³-hybridized carbons (Fsp3) is 0.483. The number of carbonyl (C=O) groups excluding carboxylic acids is 13. The number of nitrogens with zero attached hydrogens (tertiary/aromatic N) is 3. The summed E-state index contributed by atoms with van der Waals surface area (Å²) in [5.41, 5.74) is 12.4. The van der Waals surface area contributed by atoms with Gasteiger partial charge in [-0.1, -0.05) is 57.2 Å². The molecule has 3 atom stereocenters. The molecule has 0 aliphatic carbocycles. The van der Waals surface area contributed by atoms with Crippen LogP contribution >= 0.6 is 0 Å². The summed E-state index contributed by atoms with van der Waals surface area (Å²) in [7, 11) is 0. The highest BCUT2D eigenvalue weighted by molar-refractivity contribution is 6.27. The maximum atomic E-state index is 13.7. The van der Waals surface area contributed by atoms with Gasteiger partial charge in [-0.25, -0.2) is 9.18 Å². The molecule has 0 saturated carbocycles. The Kier molecular flexibility index (Phi) is 23.8. The second-order valence-electron chi connectivity index (χ2n) is 22.0. The Morgan fingerprint density at radius 1 is 0.512 bits per heavy atom. The van der Waals surface area contributed by atoms with E-state index < -0.39 is 88.6 Å². The number of halogens is 1. The second-order valence-corrected chi connectivity index (χ2v) is 22.0. The minimum absolute atomic E-state index is 0.0340. The molecule has 3 fully saturated rings. The number of nitrogens with two attached hydrogens (primary N) is 2. The van der Waals surface area contributed by atoms with Crippen LogP contribution in [0.15, 0.2) is 54.6 Å². The molecule has 9 rings (SSSR count). The summed E-state index contributed by atoms with van der Waals surface area (Å²) in [5.74, 6) is -7.41. The van der Waals surface area contributed by atoms with Crippen molar-refractivity contribution in [1.29, 1.82) is 0 Å². The fourth-order valence-electron chi connectivity index (χ4n) is 10.2. The van der Waals surface area contributed by atoms with Crippen molar-refractivity contribution in [3.05, 3.63) is 93.8 Å². The number of hydrogen-bond donors (Lipinski definition) is 8. The van der Waals surface area contributed by atoms with E-state index in [-0.39, 0.29) is 73.1 Å². The van der Waals surface area contributed by atoms with Gasteiger partial charge in [-0.2, -0.15) is 0 Å². The number of unbranched alkanes of at least 4 members (excludes halogenated alkanes) is 7. The Hall–Kier alpha value is -8.78. The zero-order chi connectivity index (χ0) is 62.8. The molecule has 462 valence electrons. The molecule has 0 spiro atoms. The lowest BCUT2D eigenvalue weighted by Gasteiger charge is -2.27. The number of carbonyl (C=O) groups is 13. The van der Waals surface area contributed by atoms with E-state index in [9.17, 15) is 66.7 Å². The molecule has 86 heavy (non-hydrogen) atoms.